The van der Waals surface area contributed by atoms with Crippen molar-refractivity contribution in [1.29, 1.82) is 0 Å². The van der Waals surface area contributed by atoms with Gasteiger partial charge in [-0.1, -0.05) is 30.3 Å². The lowest BCUT2D eigenvalue weighted by Gasteiger charge is -2.20. The summed E-state index contributed by atoms with van der Waals surface area (Å²) >= 11 is 0. The molecule has 0 bridgehead atoms. The molecule has 2 N–H and O–H groups in total. The highest BCUT2D eigenvalue weighted by atomic mass is 15.2. The Morgan fingerprint density at radius 3 is 2.39 bits per heavy atom. The molecule has 1 aliphatic rings. The fourth-order valence-corrected chi connectivity index (χ4v) is 2.19. The normalized spacial score (nSPS) is 14.7. The zero-order valence-electron chi connectivity index (χ0n) is 10.1. The maximum Gasteiger partial charge on any atom is 0.135 e. The minimum atomic E-state index is 0.788. The smallest absolute Gasteiger partial charge is 0.135 e. The molecule has 0 saturated heterocycles. The molecule has 0 aromatic heterocycles. The van der Waals surface area contributed by atoms with Crippen LogP contribution in [0, 0.1) is 0 Å². The van der Waals surface area contributed by atoms with E-state index >= 15 is 0 Å². The number of nitrogens with two attached hydrogens (primary N) is 1. The third-order valence-electron chi connectivity index (χ3n) is 3.08. The standard InChI is InChI=1S/C15H15N3/c16-13-6-8-14(9-7-13)18-11-10-17-15(18)12-4-2-1-3-5-12/h1-9H,10-11,16H2. The fourth-order valence-electron chi connectivity index (χ4n) is 2.19. The van der Waals surface area contributed by atoms with E-state index in [-0.39, 0.29) is 0 Å². The van der Waals surface area contributed by atoms with Crippen molar-refractivity contribution >= 4 is 17.2 Å². The predicted octanol–water partition coefficient (Wildman–Crippen LogP) is 2.54. The molecular weight excluding hydrogens is 222 g/mol. The first-order valence-electron chi connectivity index (χ1n) is 6.07. The predicted molar refractivity (Wildman–Crippen MR) is 76.0 cm³/mol. The van der Waals surface area contributed by atoms with Crippen LogP contribution in [0.25, 0.3) is 0 Å². The summed E-state index contributed by atoms with van der Waals surface area (Å²) in [5, 5.41) is 0. The van der Waals surface area contributed by atoms with Crippen molar-refractivity contribution in [2.24, 2.45) is 4.99 Å². The van der Waals surface area contributed by atoms with Crippen molar-refractivity contribution in [2.75, 3.05) is 23.7 Å². The van der Waals surface area contributed by atoms with Crippen molar-refractivity contribution in [2.45, 2.75) is 0 Å². The van der Waals surface area contributed by atoms with Crippen LogP contribution < -0.4 is 10.6 Å². The summed E-state index contributed by atoms with van der Waals surface area (Å²) in [4.78, 5) is 6.83. The van der Waals surface area contributed by atoms with E-state index in [9.17, 15) is 0 Å². The largest absolute Gasteiger partial charge is 0.399 e. The van der Waals surface area contributed by atoms with Crippen LogP contribution in [0.1, 0.15) is 5.56 Å². The Morgan fingerprint density at radius 1 is 0.944 bits per heavy atom. The minimum Gasteiger partial charge on any atom is -0.399 e. The van der Waals surface area contributed by atoms with Crippen LogP contribution in [-0.4, -0.2) is 18.9 Å². The molecule has 2 aromatic carbocycles. The Hall–Kier alpha value is -2.29. The molecule has 3 nitrogen and oxygen atoms in total. The van der Waals surface area contributed by atoms with Crippen LogP contribution in [0.2, 0.25) is 0 Å². The minimum absolute atomic E-state index is 0.788. The topological polar surface area (TPSA) is 41.6 Å². The molecule has 0 radical (unpaired) electrons. The van der Waals surface area contributed by atoms with Crippen molar-refractivity contribution in [3.05, 3.63) is 60.2 Å². The molecule has 1 aliphatic heterocycles. The average molecular weight is 237 g/mol. The quantitative estimate of drug-likeness (QED) is 0.815. The van der Waals surface area contributed by atoms with Gasteiger partial charge in [0, 0.05) is 23.5 Å². The highest BCUT2D eigenvalue weighted by molar-refractivity contribution is 6.11. The zero-order chi connectivity index (χ0) is 12.4. The zero-order valence-corrected chi connectivity index (χ0v) is 10.1. The summed E-state index contributed by atoms with van der Waals surface area (Å²) in [5.41, 5.74) is 8.81. The SMILES string of the molecule is Nc1ccc(N2CCN=C2c2ccccc2)cc1. The summed E-state index contributed by atoms with van der Waals surface area (Å²) < 4.78 is 0. The Morgan fingerprint density at radius 2 is 1.67 bits per heavy atom. The molecule has 3 heteroatoms. The van der Waals surface area contributed by atoms with Crippen LogP contribution in [0.5, 0.6) is 0 Å². The second kappa shape index (κ2) is 4.53. The molecule has 1 heterocycles. The number of nitrogens with zero attached hydrogens (tertiary/aromatic N) is 2. The van der Waals surface area contributed by atoms with Gasteiger partial charge in [-0.05, 0) is 24.3 Å². The summed E-state index contributed by atoms with van der Waals surface area (Å²) in [7, 11) is 0. The average Bonchev–Trinajstić information content (AvgIpc) is 2.90. The molecule has 0 fully saturated rings. The highest BCUT2D eigenvalue weighted by Crippen LogP contribution is 2.22. The second-order valence-electron chi connectivity index (χ2n) is 4.31. The molecule has 18 heavy (non-hydrogen) atoms. The number of nitrogen functional groups attached to an aromatic ring is 1. The van der Waals surface area contributed by atoms with Gasteiger partial charge in [-0.3, -0.25) is 4.99 Å². The van der Waals surface area contributed by atoms with Gasteiger partial charge in [0.25, 0.3) is 0 Å². The van der Waals surface area contributed by atoms with E-state index in [1.54, 1.807) is 0 Å². The third-order valence-corrected chi connectivity index (χ3v) is 3.08. The van der Waals surface area contributed by atoms with E-state index in [1.807, 2.05) is 42.5 Å². The van der Waals surface area contributed by atoms with Crippen LogP contribution in [0.3, 0.4) is 0 Å². The molecule has 0 amide bonds. The summed E-state index contributed by atoms with van der Waals surface area (Å²) in [6.45, 7) is 1.77. The van der Waals surface area contributed by atoms with E-state index in [2.05, 4.69) is 22.0 Å². The molecule has 0 aliphatic carbocycles. The van der Waals surface area contributed by atoms with Crippen LogP contribution in [0.15, 0.2) is 59.6 Å². The van der Waals surface area contributed by atoms with Crippen molar-refractivity contribution in [3.8, 4) is 0 Å². The number of hydrogen-bond donors (Lipinski definition) is 1. The lowest BCUT2D eigenvalue weighted by atomic mass is 10.2. The van der Waals surface area contributed by atoms with Gasteiger partial charge in [0.05, 0.1) is 6.54 Å². The Bertz CT molecular complexity index is 558. The van der Waals surface area contributed by atoms with Crippen molar-refractivity contribution in [3.63, 3.8) is 0 Å². The maximum absolute atomic E-state index is 5.72. The molecule has 2 aromatic rings. The lowest BCUT2D eigenvalue weighted by Crippen LogP contribution is -2.27. The first-order chi connectivity index (χ1) is 8.84. The van der Waals surface area contributed by atoms with Crippen molar-refractivity contribution in [1.82, 2.24) is 0 Å². The first kappa shape index (κ1) is 10.8. The number of rotatable bonds is 2. The van der Waals surface area contributed by atoms with E-state index in [4.69, 9.17) is 5.73 Å². The van der Waals surface area contributed by atoms with E-state index in [1.165, 1.54) is 0 Å². The van der Waals surface area contributed by atoms with E-state index in [0.717, 1.165) is 35.9 Å². The van der Waals surface area contributed by atoms with E-state index in [0.29, 0.717) is 0 Å². The van der Waals surface area contributed by atoms with E-state index < -0.39 is 0 Å². The van der Waals surface area contributed by atoms with Crippen molar-refractivity contribution < 1.29 is 0 Å². The molecule has 90 valence electrons. The van der Waals surface area contributed by atoms with Crippen LogP contribution in [0.4, 0.5) is 11.4 Å². The number of amidine groups is 1. The molecule has 0 saturated carbocycles. The highest BCUT2D eigenvalue weighted by Gasteiger charge is 2.19. The molecular formula is C15H15N3. The van der Waals surface area contributed by atoms with Gasteiger partial charge in [-0.2, -0.15) is 0 Å². The number of aliphatic imine (C=N–C) groups is 1. The molecule has 0 unspecified atom stereocenters. The Kier molecular flexibility index (Phi) is 2.73. The molecule has 0 atom stereocenters. The molecule has 3 rings (SSSR count). The summed E-state index contributed by atoms with van der Waals surface area (Å²) in [5.74, 6) is 1.04. The number of benzene rings is 2. The Balaban J connectivity index is 1.94. The van der Waals surface area contributed by atoms with Gasteiger partial charge in [0.2, 0.25) is 0 Å². The van der Waals surface area contributed by atoms with Gasteiger partial charge in [0.15, 0.2) is 0 Å². The van der Waals surface area contributed by atoms with Crippen LogP contribution in [-0.2, 0) is 0 Å². The Labute approximate surface area is 107 Å². The summed E-state index contributed by atoms with van der Waals surface area (Å²) in [6.07, 6.45) is 0. The maximum atomic E-state index is 5.72. The molecule has 0 spiro atoms. The fraction of sp³-hybridized carbons (Fsp3) is 0.133. The lowest BCUT2D eigenvalue weighted by molar-refractivity contribution is 1.02. The second-order valence-corrected chi connectivity index (χ2v) is 4.31. The van der Waals surface area contributed by atoms with Gasteiger partial charge in [0.1, 0.15) is 5.84 Å². The third kappa shape index (κ3) is 1.95. The van der Waals surface area contributed by atoms with Gasteiger partial charge in [-0.15, -0.1) is 0 Å². The van der Waals surface area contributed by atoms with Gasteiger partial charge >= 0.3 is 0 Å². The monoisotopic (exact) mass is 237 g/mol. The van der Waals surface area contributed by atoms with Crippen LogP contribution >= 0.6 is 0 Å². The first-order valence-corrected chi connectivity index (χ1v) is 6.07. The number of hydrogen-bond acceptors (Lipinski definition) is 3. The number of anilines is 2. The summed E-state index contributed by atoms with van der Waals surface area (Å²) in [6, 6.07) is 18.2. The van der Waals surface area contributed by atoms with Gasteiger partial charge < -0.3 is 10.6 Å². The van der Waals surface area contributed by atoms with Gasteiger partial charge in [-0.25, -0.2) is 0 Å².